The van der Waals surface area contributed by atoms with E-state index in [9.17, 15) is 8.42 Å². The van der Waals surface area contributed by atoms with Crippen molar-refractivity contribution in [2.45, 2.75) is 51.9 Å². The molecule has 4 nitrogen and oxygen atoms in total. The van der Waals surface area contributed by atoms with E-state index in [1.165, 1.54) is 19.3 Å². The van der Waals surface area contributed by atoms with Gasteiger partial charge in [-0.3, -0.25) is 0 Å². The molecule has 106 valence electrons. The Morgan fingerprint density at radius 2 is 1.56 bits per heavy atom. The van der Waals surface area contributed by atoms with Gasteiger partial charge in [0.1, 0.15) is 0 Å². The van der Waals surface area contributed by atoms with Crippen LogP contribution in [0.3, 0.4) is 0 Å². The summed E-state index contributed by atoms with van der Waals surface area (Å²) in [6.45, 7) is 5.04. The minimum atomic E-state index is -3.18. The number of piperidine rings is 1. The van der Waals surface area contributed by atoms with Crippen LogP contribution in [0.4, 0.5) is 0 Å². The molecule has 2 fully saturated rings. The largest absolute Gasteiger partial charge is 0.281 e. The van der Waals surface area contributed by atoms with Crippen molar-refractivity contribution >= 4 is 10.2 Å². The third-order valence-corrected chi connectivity index (χ3v) is 6.28. The molecule has 0 radical (unpaired) electrons. The van der Waals surface area contributed by atoms with Crippen LogP contribution in [0.5, 0.6) is 0 Å². The van der Waals surface area contributed by atoms with Gasteiger partial charge in [0.15, 0.2) is 0 Å². The molecule has 0 saturated carbocycles. The molecule has 18 heavy (non-hydrogen) atoms. The van der Waals surface area contributed by atoms with Gasteiger partial charge < -0.3 is 0 Å². The number of hydrogen-bond acceptors (Lipinski definition) is 2. The Morgan fingerprint density at radius 3 is 2.17 bits per heavy atom. The van der Waals surface area contributed by atoms with E-state index in [2.05, 4.69) is 6.92 Å². The summed E-state index contributed by atoms with van der Waals surface area (Å²) in [5.41, 5.74) is 0. The molecule has 1 unspecified atom stereocenters. The minimum Gasteiger partial charge on any atom is -0.195 e. The highest BCUT2D eigenvalue weighted by atomic mass is 32.2. The van der Waals surface area contributed by atoms with Gasteiger partial charge in [-0.25, -0.2) is 0 Å². The number of rotatable bonds is 3. The van der Waals surface area contributed by atoms with Crippen LogP contribution in [0.25, 0.3) is 0 Å². The Kier molecular flexibility index (Phi) is 5.04. The van der Waals surface area contributed by atoms with Gasteiger partial charge in [0, 0.05) is 26.2 Å². The average molecular weight is 274 g/mol. The van der Waals surface area contributed by atoms with Gasteiger partial charge >= 0.3 is 0 Å². The van der Waals surface area contributed by atoms with E-state index in [0.29, 0.717) is 5.92 Å². The Labute approximate surface area is 112 Å². The zero-order valence-corrected chi connectivity index (χ0v) is 12.3. The molecule has 2 heterocycles. The van der Waals surface area contributed by atoms with E-state index < -0.39 is 10.2 Å². The maximum absolute atomic E-state index is 12.6. The van der Waals surface area contributed by atoms with Gasteiger partial charge in [-0.2, -0.15) is 17.0 Å². The fourth-order valence-corrected chi connectivity index (χ4v) is 4.81. The van der Waals surface area contributed by atoms with Gasteiger partial charge in [-0.15, -0.1) is 0 Å². The van der Waals surface area contributed by atoms with Crippen molar-refractivity contribution in [3.8, 4) is 0 Å². The molecule has 0 aromatic rings. The zero-order chi connectivity index (χ0) is 13.0. The summed E-state index contributed by atoms with van der Waals surface area (Å²) < 4.78 is 28.7. The van der Waals surface area contributed by atoms with Gasteiger partial charge in [0.25, 0.3) is 10.2 Å². The standard InChI is InChI=1S/C13H26N2O2S/c1-2-13-8-7-11-15(12-13)18(16,17)14-9-5-3-4-6-10-14/h13H,2-12H2,1H3. The summed E-state index contributed by atoms with van der Waals surface area (Å²) in [5.74, 6) is 0.556. The summed E-state index contributed by atoms with van der Waals surface area (Å²) >= 11 is 0. The van der Waals surface area contributed by atoms with Crippen LogP contribution in [0.15, 0.2) is 0 Å². The molecule has 2 rings (SSSR count). The SMILES string of the molecule is CCC1CCCN(S(=O)(=O)N2CCCCCC2)C1. The van der Waals surface area contributed by atoms with Crippen LogP contribution >= 0.6 is 0 Å². The first-order valence-electron chi connectivity index (χ1n) is 7.40. The van der Waals surface area contributed by atoms with Gasteiger partial charge in [-0.1, -0.05) is 26.2 Å². The first kappa shape index (κ1) is 14.3. The van der Waals surface area contributed by atoms with E-state index in [0.717, 1.165) is 51.9 Å². The lowest BCUT2D eigenvalue weighted by Crippen LogP contribution is -2.48. The molecular weight excluding hydrogens is 248 g/mol. The smallest absolute Gasteiger partial charge is 0.195 e. The second-order valence-corrected chi connectivity index (χ2v) is 7.52. The third kappa shape index (κ3) is 3.25. The molecule has 2 saturated heterocycles. The first-order valence-corrected chi connectivity index (χ1v) is 8.79. The zero-order valence-electron chi connectivity index (χ0n) is 11.5. The topological polar surface area (TPSA) is 40.6 Å². The lowest BCUT2D eigenvalue weighted by atomic mass is 9.97. The second-order valence-electron chi connectivity index (χ2n) is 5.60. The Bertz CT molecular complexity index is 348. The van der Waals surface area contributed by atoms with Gasteiger partial charge in [0.05, 0.1) is 0 Å². The van der Waals surface area contributed by atoms with Gasteiger partial charge in [-0.05, 0) is 31.6 Å². The van der Waals surface area contributed by atoms with E-state index in [-0.39, 0.29) is 0 Å². The number of nitrogens with zero attached hydrogens (tertiary/aromatic N) is 2. The van der Waals surface area contributed by atoms with Crippen molar-refractivity contribution in [1.29, 1.82) is 0 Å². The average Bonchev–Trinajstić information content (AvgIpc) is 2.68. The lowest BCUT2D eigenvalue weighted by molar-refractivity contribution is 0.243. The molecule has 0 aromatic heterocycles. The highest BCUT2D eigenvalue weighted by molar-refractivity contribution is 7.86. The third-order valence-electron chi connectivity index (χ3n) is 4.28. The molecule has 0 amide bonds. The van der Waals surface area contributed by atoms with E-state index >= 15 is 0 Å². The van der Waals surface area contributed by atoms with Crippen LogP contribution in [0.2, 0.25) is 0 Å². The van der Waals surface area contributed by atoms with Gasteiger partial charge in [0.2, 0.25) is 0 Å². The molecule has 2 aliphatic rings. The molecule has 5 heteroatoms. The van der Waals surface area contributed by atoms with Crippen molar-refractivity contribution in [2.75, 3.05) is 26.2 Å². The summed E-state index contributed by atoms with van der Waals surface area (Å²) in [4.78, 5) is 0. The molecule has 1 atom stereocenters. The number of hydrogen-bond donors (Lipinski definition) is 0. The molecule has 0 spiro atoms. The van der Waals surface area contributed by atoms with Crippen molar-refractivity contribution < 1.29 is 8.42 Å². The van der Waals surface area contributed by atoms with Crippen LogP contribution < -0.4 is 0 Å². The van der Waals surface area contributed by atoms with Crippen LogP contribution in [-0.2, 0) is 10.2 Å². The first-order chi connectivity index (χ1) is 8.64. The lowest BCUT2D eigenvalue weighted by Gasteiger charge is -2.35. The molecular formula is C13H26N2O2S. The monoisotopic (exact) mass is 274 g/mol. The maximum Gasteiger partial charge on any atom is 0.281 e. The summed E-state index contributed by atoms with van der Waals surface area (Å²) in [6.07, 6.45) is 7.67. The second kappa shape index (κ2) is 6.35. The van der Waals surface area contributed by atoms with E-state index in [4.69, 9.17) is 0 Å². The summed E-state index contributed by atoms with van der Waals surface area (Å²) in [6, 6.07) is 0. The molecule has 0 aliphatic carbocycles. The Morgan fingerprint density at radius 1 is 0.944 bits per heavy atom. The van der Waals surface area contributed by atoms with Crippen molar-refractivity contribution in [2.24, 2.45) is 5.92 Å². The predicted molar refractivity (Wildman–Crippen MR) is 73.5 cm³/mol. The fourth-order valence-electron chi connectivity index (χ4n) is 3.01. The van der Waals surface area contributed by atoms with Crippen molar-refractivity contribution in [1.82, 2.24) is 8.61 Å². The maximum atomic E-state index is 12.6. The minimum absolute atomic E-state index is 0.556. The van der Waals surface area contributed by atoms with Crippen LogP contribution in [-0.4, -0.2) is 43.2 Å². The predicted octanol–water partition coefficient (Wildman–Crippen LogP) is 2.23. The molecule has 2 aliphatic heterocycles. The Hall–Kier alpha value is -0.130. The van der Waals surface area contributed by atoms with E-state index in [1.54, 1.807) is 8.61 Å². The molecule has 0 N–H and O–H groups in total. The molecule has 0 aromatic carbocycles. The highest BCUT2D eigenvalue weighted by Gasteiger charge is 2.33. The Balaban J connectivity index is 2.04. The van der Waals surface area contributed by atoms with Crippen molar-refractivity contribution in [3.63, 3.8) is 0 Å². The van der Waals surface area contributed by atoms with Crippen molar-refractivity contribution in [3.05, 3.63) is 0 Å². The summed E-state index contributed by atoms with van der Waals surface area (Å²) in [7, 11) is -3.18. The quantitative estimate of drug-likeness (QED) is 0.792. The van der Waals surface area contributed by atoms with Crippen LogP contribution in [0, 0.1) is 5.92 Å². The fraction of sp³-hybridized carbons (Fsp3) is 1.00. The normalized spacial score (nSPS) is 29.1. The highest BCUT2D eigenvalue weighted by Crippen LogP contribution is 2.24. The molecule has 0 bridgehead atoms. The van der Waals surface area contributed by atoms with Crippen LogP contribution in [0.1, 0.15) is 51.9 Å². The van der Waals surface area contributed by atoms with E-state index in [1.807, 2.05) is 0 Å². The summed E-state index contributed by atoms with van der Waals surface area (Å²) in [5, 5.41) is 0.